The number of ether oxygens (including phenoxy) is 7. The number of rotatable bonds is 21. The number of aliphatic hydroxyl groups excluding tert-OH is 10. The number of alkyl halides is 3. The SMILES string of the molecule is CN[C@H](CC(C)C)C(=O)N[C@H]1C(=O)N[C@@H](CC(N)=O)C(=O)N[C@H]2C(=O)N[C@H]3C(=O)N[C@H](C(=O)N[C@H](C(=O)O)c4cc(O)c(CN[C@H]5C(O)O[C@H](CO)[C@H](O)[C@@H]5O)c(O)c4-c4cc3ccc4O)[C@H](O)c3ccc(c(Cl)c3)Oc3cc2cc(c3O[C@@H]2O[C@H](CO)[C@@H](O)[C@H](O)[C@H]2O[C@H]2C[C@](C)(NCc3ccc(-c4ccc(C(F)(F)F)cc4)cc3)[C@H](O)[C@H](C)O2)Oc2ccc(cc2Cl)[C@H]1O. The van der Waals surface area contributed by atoms with E-state index in [1.165, 1.54) is 32.2 Å². The van der Waals surface area contributed by atoms with Gasteiger partial charge in [-0.3, -0.25) is 33.6 Å². The Kier molecular flexibility index (Phi) is 29.8. The second-order valence-electron chi connectivity index (χ2n) is 33.1. The molecule has 7 amide bonds. The molecule has 704 valence electrons. The number of amides is 7. The lowest BCUT2D eigenvalue weighted by atomic mass is 9.84. The van der Waals surface area contributed by atoms with Crippen molar-refractivity contribution in [2.75, 3.05) is 20.3 Å². The van der Waals surface area contributed by atoms with E-state index in [9.17, 15) is 99.0 Å². The number of fused-ring (bicyclic) bond motifs is 15. The third-order valence-corrected chi connectivity index (χ3v) is 24.2. The van der Waals surface area contributed by atoms with Gasteiger partial charge < -0.3 is 158 Å². The average Bonchev–Trinajstić information content (AvgIpc) is 0.736. The smallest absolute Gasteiger partial charge is 0.416 e. The summed E-state index contributed by atoms with van der Waals surface area (Å²) in [7, 11) is 1.44. The molecule has 8 aliphatic heterocycles. The van der Waals surface area contributed by atoms with Crippen LogP contribution in [0.5, 0.6) is 46.0 Å². The number of phenolic OH excluding ortho intramolecular Hbond substituents is 3. The van der Waals surface area contributed by atoms with E-state index < -0.39 is 315 Å². The van der Waals surface area contributed by atoms with Crippen molar-refractivity contribution in [2.45, 2.75) is 206 Å². The zero-order valence-electron chi connectivity index (χ0n) is 70.1. The van der Waals surface area contributed by atoms with Crippen molar-refractivity contribution in [3.63, 3.8) is 0 Å². The quantitative estimate of drug-likeness (QED) is 0.0485. The Labute approximate surface area is 753 Å². The number of primary amides is 1. The molecule has 11 bridgehead atoms. The monoisotopic (exact) mass is 1870 g/mol. The van der Waals surface area contributed by atoms with Crippen molar-refractivity contribution in [1.82, 2.24) is 47.9 Å². The summed E-state index contributed by atoms with van der Waals surface area (Å²) in [5.74, 6) is -17.9. The fourth-order valence-electron chi connectivity index (χ4n) is 16.4. The maximum absolute atomic E-state index is 16.5. The summed E-state index contributed by atoms with van der Waals surface area (Å²) < 4.78 is 85.0. The van der Waals surface area contributed by atoms with Crippen LogP contribution in [-0.2, 0) is 76.6 Å². The molecule has 3 saturated heterocycles. The number of phenols is 3. The third-order valence-electron chi connectivity index (χ3n) is 23.6. The molecule has 8 heterocycles. The van der Waals surface area contributed by atoms with Crippen molar-refractivity contribution in [3.05, 3.63) is 176 Å². The molecule has 23 atom stereocenters. The zero-order valence-corrected chi connectivity index (χ0v) is 71.6. The van der Waals surface area contributed by atoms with E-state index >= 15 is 24.0 Å². The number of aromatic hydroxyl groups is 3. The van der Waals surface area contributed by atoms with Crippen LogP contribution in [0.4, 0.5) is 13.2 Å². The second kappa shape index (κ2) is 40.1. The van der Waals surface area contributed by atoms with E-state index in [2.05, 4.69) is 47.9 Å². The standard InChI is InChI=1S/C87H97Cl2F3N10O29/c1-33(2)20-48(94-5)77(116)101-64-67(108)39-13-18-52(46(88)22-39)126-54-24-41-25-55(74(54)131-85-75(73(114)71(112)57(32-104)129-85)130-59-28-86(4,76(115)34(3)125-59)96-29-35-6-8-36(9-7-35)37-10-15-42(16-11-37)87(90,91)92)127-53-19-14-40(23-47(53)89)68(109)65-82(121)100-63(83(122)123)44-26-51(106)45(30-95-66-72(113)70(111)56(31-103)128-84(66)124)69(110)60(44)43-21-38(12-17-50(43)105)61(79(118)102-65)99-80(119)62(41)98-78(117)49(27-58(93)107)97-81(64)120/h6-19,21-26,33-34,48-49,56-57,59,61-68,70-73,75-76,84-85,94-96,103-106,108-115,124H,20,27-32H2,1-5H3,(H2,93,107)(H,97,120)(H,98,117)(H,99,119)(H,100,121)(H,101,116)(H,102,118)(H,122,123)/t34-,48+,49-,56+,57+,59-,61+,62+,63-,64+,65-,66+,67+,68+,70-,71+,72+,73-,75+,76+,84?,85-,86-/m0/s1. The zero-order chi connectivity index (χ0) is 95.0. The van der Waals surface area contributed by atoms with Crippen molar-refractivity contribution < 1.29 is 156 Å². The minimum absolute atomic E-state index is 0.0479. The van der Waals surface area contributed by atoms with Crippen LogP contribution < -0.4 is 67.8 Å². The minimum atomic E-state index is -4.56. The summed E-state index contributed by atoms with van der Waals surface area (Å²) in [6, 6.07) is 6.50. The van der Waals surface area contributed by atoms with Crippen LogP contribution in [0.15, 0.2) is 121 Å². The molecule has 0 aliphatic carbocycles. The number of aliphatic hydroxyl groups is 10. The first-order valence-electron chi connectivity index (χ1n) is 41.2. The van der Waals surface area contributed by atoms with Crippen LogP contribution >= 0.6 is 23.2 Å². The predicted molar refractivity (Wildman–Crippen MR) is 449 cm³/mol. The van der Waals surface area contributed by atoms with Gasteiger partial charge in [0.05, 0.1) is 65.1 Å². The fraction of sp³-hybridized carbons (Fsp3) is 0.425. The number of benzene rings is 7. The number of carboxylic acid groups (broad SMARTS) is 1. The van der Waals surface area contributed by atoms with Gasteiger partial charge in [-0.15, -0.1) is 0 Å². The number of nitrogens with two attached hydrogens (primary N) is 1. The molecule has 44 heteroatoms. The van der Waals surface area contributed by atoms with Gasteiger partial charge in [-0.05, 0) is 139 Å². The number of hydrogen-bond donors (Lipinski definition) is 24. The molecule has 1 unspecified atom stereocenters. The van der Waals surface area contributed by atoms with Crippen LogP contribution in [0.1, 0.15) is 122 Å². The van der Waals surface area contributed by atoms with Crippen LogP contribution in [0.2, 0.25) is 10.0 Å². The van der Waals surface area contributed by atoms with Crippen LogP contribution in [0, 0.1) is 5.92 Å². The van der Waals surface area contributed by atoms with E-state index in [0.29, 0.717) is 16.7 Å². The number of nitrogens with one attached hydrogen (secondary N) is 9. The van der Waals surface area contributed by atoms with E-state index in [1.807, 2.05) is 0 Å². The molecule has 0 saturated carbocycles. The van der Waals surface area contributed by atoms with E-state index in [1.54, 1.807) is 45.0 Å². The number of halogens is 5. The normalized spacial score (nSPS) is 29.1. The molecule has 15 rings (SSSR count). The number of likely N-dealkylation sites (N-methyl/N-ethyl adjacent to an activating group) is 1. The van der Waals surface area contributed by atoms with Gasteiger partial charge in [-0.1, -0.05) is 91.6 Å². The summed E-state index contributed by atoms with van der Waals surface area (Å²) in [5.41, 5.74) is 0.855. The van der Waals surface area contributed by atoms with Crippen LogP contribution in [0.3, 0.4) is 0 Å². The second-order valence-corrected chi connectivity index (χ2v) is 34.0. The summed E-state index contributed by atoms with van der Waals surface area (Å²) in [6.07, 6.45) is -31.7. The van der Waals surface area contributed by atoms with Gasteiger partial charge in [0.2, 0.25) is 53.4 Å². The molecule has 25 N–H and O–H groups in total. The first kappa shape index (κ1) is 97.3. The van der Waals surface area contributed by atoms with Crippen molar-refractivity contribution in [3.8, 4) is 68.2 Å². The van der Waals surface area contributed by atoms with E-state index in [4.69, 9.17) is 62.1 Å². The maximum atomic E-state index is 16.5. The lowest BCUT2D eigenvalue weighted by Gasteiger charge is -2.48. The largest absolute Gasteiger partial charge is 0.507 e. The number of hydrogen-bond acceptors (Lipinski definition) is 31. The topological polar surface area (TPSA) is 619 Å². The summed E-state index contributed by atoms with van der Waals surface area (Å²) >= 11 is 14.4. The fourth-order valence-corrected chi connectivity index (χ4v) is 16.8. The Morgan fingerprint density at radius 3 is 1.81 bits per heavy atom. The van der Waals surface area contributed by atoms with E-state index in [-0.39, 0.29) is 36.4 Å². The number of carbonyl (C=O) groups is 8. The van der Waals surface area contributed by atoms with Gasteiger partial charge in [0.25, 0.3) is 0 Å². The molecule has 7 aromatic carbocycles. The van der Waals surface area contributed by atoms with Crippen molar-refractivity contribution >= 4 is 70.5 Å². The molecule has 0 radical (unpaired) electrons. The first-order valence-corrected chi connectivity index (χ1v) is 42.0. The summed E-state index contributed by atoms with van der Waals surface area (Å²) in [5, 5.41) is 184. The molecular weight excluding hydrogens is 1780 g/mol. The van der Waals surface area contributed by atoms with Crippen LogP contribution in [-0.4, -0.2) is 249 Å². The molecule has 8 aliphatic rings. The highest BCUT2D eigenvalue weighted by molar-refractivity contribution is 6.32. The predicted octanol–water partition coefficient (Wildman–Crippen LogP) is 1.51. The highest BCUT2D eigenvalue weighted by Crippen LogP contribution is 2.51. The van der Waals surface area contributed by atoms with Gasteiger partial charge in [0.1, 0.15) is 108 Å². The molecular formula is C87H97Cl2F3N10O29. The average molecular weight is 1870 g/mol. The molecule has 0 aromatic heterocycles. The number of aliphatic carboxylic acids is 1. The highest BCUT2D eigenvalue weighted by Gasteiger charge is 2.53. The van der Waals surface area contributed by atoms with Gasteiger partial charge in [0, 0.05) is 41.7 Å². The van der Waals surface area contributed by atoms with Crippen molar-refractivity contribution in [2.24, 2.45) is 11.7 Å². The number of carboxylic acids is 1. The van der Waals surface area contributed by atoms with Gasteiger partial charge in [-0.2, -0.15) is 13.2 Å². The third kappa shape index (κ3) is 21.0. The molecule has 3 fully saturated rings. The lowest BCUT2D eigenvalue weighted by Crippen LogP contribution is -2.65. The molecule has 0 spiro atoms. The summed E-state index contributed by atoms with van der Waals surface area (Å²) in [4.78, 5) is 120. The molecule has 39 nitrogen and oxygen atoms in total. The maximum Gasteiger partial charge on any atom is 0.416 e. The number of carbonyl (C=O) groups excluding carboxylic acids is 7. The van der Waals surface area contributed by atoms with Gasteiger partial charge in [0.15, 0.2) is 36.2 Å². The van der Waals surface area contributed by atoms with Crippen LogP contribution in [0.25, 0.3) is 22.3 Å². The van der Waals surface area contributed by atoms with Crippen molar-refractivity contribution in [1.29, 1.82) is 0 Å². The Morgan fingerprint density at radius 2 is 1.22 bits per heavy atom. The lowest BCUT2D eigenvalue weighted by molar-refractivity contribution is -0.334. The highest BCUT2D eigenvalue weighted by atomic mass is 35.5. The van der Waals surface area contributed by atoms with Gasteiger partial charge in [-0.25, -0.2) is 4.79 Å². The summed E-state index contributed by atoms with van der Waals surface area (Å²) in [6.45, 7) is 3.99. The Bertz CT molecular complexity index is 5460. The minimum Gasteiger partial charge on any atom is -0.507 e. The van der Waals surface area contributed by atoms with Gasteiger partial charge >= 0.3 is 12.1 Å². The Morgan fingerprint density at radius 1 is 0.641 bits per heavy atom. The Balaban J connectivity index is 0.974. The molecule has 7 aromatic rings. The first-order chi connectivity index (χ1) is 62.0. The molecule has 131 heavy (non-hydrogen) atoms. The Hall–Kier alpha value is -11.2. The van der Waals surface area contributed by atoms with E-state index in [0.717, 1.165) is 78.9 Å².